The molecular weight excluding hydrogens is 304 g/mol. The molecular formula is C17H19F2NO3. The Morgan fingerprint density at radius 2 is 1.78 bits per heavy atom. The van der Waals surface area contributed by atoms with Crippen LogP contribution in [-0.2, 0) is 19.7 Å². The Morgan fingerprint density at radius 1 is 1.04 bits per heavy atom. The Bertz CT molecular complexity index is 635. The summed E-state index contributed by atoms with van der Waals surface area (Å²) in [4.78, 5) is 0. The lowest BCUT2D eigenvalue weighted by atomic mass is 10.1. The van der Waals surface area contributed by atoms with Gasteiger partial charge in [0, 0.05) is 13.1 Å². The van der Waals surface area contributed by atoms with Gasteiger partial charge in [0.05, 0.1) is 13.7 Å². The van der Waals surface area contributed by atoms with E-state index in [2.05, 4.69) is 10.1 Å². The summed E-state index contributed by atoms with van der Waals surface area (Å²) in [6.45, 7) is -1.88. The summed E-state index contributed by atoms with van der Waals surface area (Å²) in [6.07, 6.45) is 0. The number of hydrogen-bond acceptors (Lipinski definition) is 4. The standard InChI is InChI=1S/C17H19F2NO3/c1-22-15-7-6-12(8-16(15)23-17(18)19)9-20-10-13-4-2-3-5-14(13)11-21/h2-8,17,20-21H,9-11H2,1H3. The molecule has 0 aliphatic rings. The van der Waals surface area contributed by atoms with Crippen LogP contribution in [-0.4, -0.2) is 18.8 Å². The smallest absolute Gasteiger partial charge is 0.387 e. The van der Waals surface area contributed by atoms with Crippen molar-refractivity contribution in [1.82, 2.24) is 5.32 Å². The summed E-state index contributed by atoms with van der Waals surface area (Å²) in [5, 5.41) is 12.5. The fourth-order valence-corrected chi connectivity index (χ4v) is 2.24. The van der Waals surface area contributed by atoms with Gasteiger partial charge >= 0.3 is 6.61 Å². The largest absolute Gasteiger partial charge is 0.493 e. The molecule has 2 aromatic rings. The molecule has 23 heavy (non-hydrogen) atoms. The molecule has 0 saturated heterocycles. The van der Waals surface area contributed by atoms with Crippen molar-refractivity contribution >= 4 is 0 Å². The molecule has 2 N–H and O–H groups in total. The number of halogens is 2. The van der Waals surface area contributed by atoms with Crippen LogP contribution < -0.4 is 14.8 Å². The molecule has 0 amide bonds. The van der Waals surface area contributed by atoms with E-state index in [1.165, 1.54) is 13.2 Å². The highest BCUT2D eigenvalue weighted by atomic mass is 19.3. The molecule has 0 saturated carbocycles. The summed E-state index contributed by atoms with van der Waals surface area (Å²) in [5.74, 6) is 0.275. The van der Waals surface area contributed by atoms with Gasteiger partial charge in [0.15, 0.2) is 11.5 Å². The van der Waals surface area contributed by atoms with E-state index in [4.69, 9.17) is 4.74 Å². The Kier molecular flexibility index (Phi) is 6.31. The second kappa shape index (κ2) is 8.45. The third kappa shape index (κ3) is 4.91. The van der Waals surface area contributed by atoms with Crippen LogP contribution in [0, 0.1) is 0 Å². The van der Waals surface area contributed by atoms with E-state index < -0.39 is 6.61 Å². The van der Waals surface area contributed by atoms with Crippen LogP contribution in [0.15, 0.2) is 42.5 Å². The van der Waals surface area contributed by atoms with E-state index in [0.29, 0.717) is 13.1 Å². The number of ether oxygens (including phenoxy) is 2. The van der Waals surface area contributed by atoms with Crippen molar-refractivity contribution in [1.29, 1.82) is 0 Å². The molecule has 0 spiro atoms. The monoisotopic (exact) mass is 323 g/mol. The topological polar surface area (TPSA) is 50.7 Å². The maximum Gasteiger partial charge on any atom is 0.387 e. The molecule has 0 fully saturated rings. The first-order valence-corrected chi connectivity index (χ1v) is 7.14. The first-order valence-electron chi connectivity index (χ1n) is 7.14. The van der Waals surface area contributed by atoms with Crippen LogP contribution in [0.1, 0.15) is 16.7 Å². The maximum atomic E-state index is 12.4. The fraction of sp³-hybridized carbons (Fsp3) is 0.294. The normalized spacial score (nSPS) is 10.8. The Hall–Kier alpha value is -2.18. The molecule has 0 bridgehead atoms. The van der Waals surface area contributed by atoms with Crippen LogP contribution in [0.3, 0.4) is 0 Å². The molecule has 2 aromatic carbocycles. The van der Waals surface area contributed by atoms with Crippen molar-refractivity contribution in [3.05, 3.63) is 59.2 Å². The Labute approximate surface area is 133 Å². The van der Waals surface area contributed by atoms with Crippen molar-refractivity contribution in [2.75, 3.05) is 7.11 Å². The number of rotatable bonds is 8. The van der Waals surface area contributed by atoms with E-state index >= 15 is 0 Å². The zero-order valence-corrected chi connectivity index (χ0v) is 12.8. The van der Waals surface area contributed by atoms with Gasteiger partial charge in [0.2, 0.25) is 0 Å². The molecule has 0 atom stereocenters. The van der Waals surface area contributed by atoms with Crippen LogP contribution in [0.25, 0.3) is 0 Å². The van der Waals surface area contributed by atoms with Crippen LogP contribution in [0.4, 0.5) is 8.78 Å². The molecule has 0 aliphatic heterocycles. The minimum absolute atomic E-state index is 0.0116. The highest BCUT2D eigenvalue weighted by molar-refractivity contribution is 5.43. The molecule has 0 heterocycles. The van der Waals surface area contributed by atoms with E-state index in [1.807, 2.05) is 24.3 Å². The number of nitrogens with one attached hydrogen (secondary N) is 1. The minimum Gasteiger partial charge on any atom is -0.493 e. The maximum absolute atomic E-state index is 12.4. The van der Waals surface area contributed by atoms with E-state index in [-0.39, 0.29) is 18.1 Å². The summed E-state index contributed by atoms with van der Waals surface area (Å²) in [7, 11) is 1.40. The van der Waals surface area contributed by atoms with Gasteiger partial charge in [-0.15, -0.1) is 0 Å². The number of aliphatic hydroxyl groups is 1. The van der Waals surface area contributed by atoms with Crippen LogP contribution in [0.5, 0.6) is 11.5 Å². The highest BCUT2D eigenvalue weighted by Gasteiger charge is 2.11. The Balaban J connectivity index is 2.00. The summed E-state index contributed by atoms with van der Waals surface area (Å²) in [6, 6.07) is 12.5. The van der Waals surface area contributed by atoms with Gasteiger partial charge in [-0.2, -0.15) is 8.78 Å². The van der Waals surface area contributed by atoms with Crippen molar-refractivity contribution in [2.24, 2.45) is 0 Å². The average Bonchev–Trinajstić information content (AvgIpc) is 2.55. The quantitative estimate of drug-likeness (QED) is 0.784. The second-order valence-electron chi connectivity index (χ2n) is 4.89. The van der Waals surface area contributed by atoms with Crippen molar-refractivity contribution in [3.8, 4) is 11.5 Å². The molecule has 4 nitrogen and oxygen atoms in total. The van der Waals surface area contributed by atoms with Gasteiger partial charge in [0.25, 0.3) is 0 Å². The van der Waals surface area contributed by atoms with Crippen LogP contribution >= 0.6 is 0 Å². The van der Waals surface area contributed by atoms with Crippen LogP contribution in [0.2, 0.25) is 0 Å². The zero-order valence-electron chi connectivity index (χ0n) is 12.8. The number of methoxy groups -OCH3 is 1. The zero-order chi connectivity index (χ0) is 16.7. The van der Waals surface area contributed by atoms with E-state index in [9.17, 15) is 13.9 Å². The lowest BCUT2D eigenvalue weighted by Gasteiger charge is -2.12. The van der Waals surface area contributed by atoms with Crippen molar-refractivity contribution < 1.29 is 23.4 Å². The summed E-state index contributed by atoms with van der Waals surface area (Å²) < 4.78 is 34.3. The van der Waals surface area contributed by atoms with Gasteiger partial charge < -0.3 is 19.9 Å². The predicted octanol–water partition coefficient (Wildman–Crippen LogP) is 3.08. The minimum atomic E-state index is -2.90. The number of aliphatic hydroxyl groups excluding tert-OH is 1. The van der Waals surface area contributed by atoms with Crippen molar-refractivity contribution in [2.45, 2.75) is 26.3 Å². The van der Waals surface area contributed by atoms with Gasteiger partial charge in [-0.3, -0.25) is 0 Å². The van der Waals surface area contributed by atoms with Gasteiger partial charge in [0.1, 0.15) is 0 Å². The third-order valence-corrected chi connectivity index (χ3v) is 3.38. The molecule has 2 rings (SSSR count). The molecule has 0 radical (unpaired) electrons. The fourth-order valence-electron chi connectivity index (χ4n) is 2.24. The summed E-state index contributed by atoms with van der Waals surface area (Å²) >= 11 is 0. The number of benzene rings is 2. The molecule has 124 valence electrons. The molecule has 0 aromatic heterocycles. The molecule has 0 aliphatic carbocycles. The Morgan fingerprint density at radius 3 is 2.43 bits per heavy atom. The third-order valence-electron chi connectivity index (χ3n) is 3.38. The summed E-state index contributed by atoms with van der Waals surface area (Å²) in [5.41, 5.74) is 2.65. The van der Waals surface area contributed by atoms with Gasteiger partial charge in [-0.25, -0.2) is 0 Å². The lowest BCUT2D eigenvalue weighted by Crippen LogP contribution is -2.14. The first-order chi connectivity index (χ1) is 11.1. The SMILES string of the molecule is COc1ccc(CNCc2ccccc2CO)cc1OC(F)F. The number of alkyl halides is 2. The lowest BCUT2D eigenvalue weighted by molar-refractivity contribution is -0.0512. The van der Waals surface area contributed by atoms with E-state index in [1.54, 1.807) is 12.1 Å². The predicted molar refractivity (Wildman–Crippen MR) is 82.5 cm³/mol. The number of hydrogen-bond donors (Lipinski definition) is 2. The molecule has 0 unspecified atom stereocenters. The first kappa shape index (κ1) is 17.2. The average molecular weight is 323 g/mol. The van der Waals surface area contributed by atoms with Gasteiger partial charge in [-0.1, -0.05) is 30.3 Å². The van der Waals surface area contributed by atoms with Crippen molar-refractivity contribution in [3.63, 3.8) is 0 Å². The molecule has 6 heteroatoms. The highest BCUT2D eigenvalue weighted by Crippen LogP contribution is 2.29. The van der Waals surface area contributed by atoms with E-state index in [0.717, 1.165) is 16.7 Å². The second-order valence-corrected chi connectivity index (χ2v) is 4.89. The van der Waals surface area contributed by atoms with Gasteiger partial charge in [-0.05, 0) is 28.8 Å².